The number of carbonyl (C=O) groups excluding carboxylic acids is 1. The molecule has 1 N–H and O–H groups in total. The SMILES string of the molecule is Cc1ccc(C(=O)CC2CCCNC2)cn1. The topological polar surface area (TPSA) is 42.0 Å². The number of ketones is 1. The van der Waals surface area contributed by atoms with Gasteiger partial charge in [-0.25, -0.2) is 0 Å². The first kappa shape index (κ1) is 11.3. The Morgan fingerprint density at radius 1 is 1.56 bits per heavy atom. The summed E-state index contributed by atoms with van der Waals surface area (Å²) in [6.07, 6.45) is 4.69. The van der Waals surface area contributed by atoms with E-state index < -0.39 is 0 Å². The van der Waals surface area contributed by atoms with E-state index in [-0.39, 0.29) is 5.78 Å². The van der Waals surface area contributed by atoms with E-state index >= 15 is 0 Å². The molecule has 1 aliphatic rings. The highest BCUT2D eigenvalue weighted by atomic mass is 16.1. The molecule has 0 amide bonds. The van der Waals surface area contributed by atoms with Gasteiger partial charge in [0.15, 0.2) is 5.78 Å². The molecule has 86 valence electrons. The fourth-order valence-corrected chi connectivity index (χ4v) is 2.11. The lowest BCUT2D eigenvalue weighted by Gasteiger charge is -2.21. The molecule has 1 saturated heterocycles. The molecule has 1 atom stereocenters. The number of hydrogen-bond donors (Lipinski definition) is 1. The molecule has 0 bridgehead atoms. The first-order chi connectivity index (χ1) is 7.75. The van der Waals surface area contributed by atoms with Crippen LogP contribution in [-0.2, 0) is 0 Å². The number of Topliss-reactive ketones (excluding diaryl/α,β-unsaturated/α-hetero) is 1. The summed E-state index contributed by atoms with van der Waals surface area (Å²) in [5.41, 5.74) is 1.70. The molecule has 16 heavy (non-hydrogen) atoms. The molecule has 1 aliphatic heterocycles. The lowest BCUT2D eigenvalue weighted by Crippen LogP contribution is -2.31. The largest absolute Gasteiger partial charge is 0.316 e. The molecule has 3 nitrogen and oxygen atoms in total. The van der Waals surface area contributed by atoms with Gasteiger partial charge in [-0.1, -0.05) is 0 Å². The molecule has 0 saturated carbocycles. The Kier molecular flexibility index (Phi) is 3.67. The number of rotatable bonds is 3. The monoisotopic (exact) mass is 218 g/mol. The van der Waals surface area contributed by atoms with Crippen molar-refractivity contribution in [2.24, 2.45) is 5.92 Å². The number of pyridine rings is 1. The Morgan fingerprint density at radius 2 is 2.44 bits per heavy atom. The average molecular weight is 218 g/mol. The Balaban J connectivity index is 1.94. The number of aryl methyl sites for hydroxylation is 1. The summed E-state index contributed by atoms with van der Waals surface area (Å²) in [5, 5.41) is 3.33. The quantitative estimate of drug-likeness (QED) is 0.789. The Labute approximate surface area is 96.3 Å². The Morgan fingerprint density at radius 3 is 3.06 bits per heavy atom. The van der Waals surface area contributed by atoms with Crippen molar-refractivity contribution < 1.29 is 4.79 Å². The van der Waals surface area contributed by atoms with Crippen LogP contribution >= 0.6 is 0 Å². The molecule has 0 spiro atoms. The summed E-state index contributed by atoms with van der Waals surface area (Å²) in [6, 6.07) is 3.77. The van der Waals surface area contributed by atoms with Crippen LogP contribution in [-0.4, -0.2) is 23.9 Å². The molecule has 2 heterocycles. The molecular formula is C13H18N2O. The predicted molar refractivity (Wildman–Crippen MR) is 63.5 cm³/mol. The van der Waals surface area contributed by atoms with E-state index in [4.69, 9.17) is 0 Å². The van der Waals surface area contributed by atoms with Crippen LogP contribution in [0.2, 0.25) is 0 Å². The molecule has 1 fully saturated rings. The summed E-state index contributed by atoms with van der Waals surface area (Å²) in [6.45, 7) is 4.00. The van der Waals surface area contributed by atoms with Gasteiger partial charge < -0.3 is 5.32 Å². The number of hydrogen-bond acceptors (Lipinski definition) is 3. The van der Waals surface area contributed by atoms with Crippen LogP contribution in [0.1, 0.15) is 35.3 Å². The van der Waals surface area contributed by atoms with Crippen LogP contribution in [0, 0.1) is 12.8 Å². The summed E-state index contributed by atoms with van der Waals surface area (Å²) < 4.78 is 0. The fraction of sp³-hybridized carbons (Fsp3) is 0.538. The van der Waals surface area contributed by atoms with Gasteiger partial charge in [0.05, 0.1) is 0 Å². The van der Waals surface area contributed by atoms with Gasteiger partial charge in [-0.2, -0.15) is 0 Å². The molecule has 0 aromatic carbocycles. The van der Waals surface area contributed by atoms with E-state index in [2.05, 4.69) is 10.3 Å². The zero-order chi connectivity index (χ0) is 11.4. The molecular weight excluding hydrogens is 200 g/mol. The van der Waals surface area contributed by atoms with Crippen molar-refractivity contribution in [3.05, 3.63) is 29.6 Å². The normalized spacial score (nSPS) is 20.7. The zero-order valence-electron chi connectivity index (χ0n) is 9.70. The summed E-state index contributed by atoms with van der Waals surface area (Å²) in [5.74, 6) is 0.726. The van der Waals surface area contributed by atoms with E-state index in [0.717, 1.165) is 30.8 Å². The van der Waals surface area contributed by atoms with Gasteiger partial charge >= 0.3 is 0 Å². The third-order valence-corrected chi connectivity index (χ3v) is 3.11. The third-order valence-electron chi connectivity index (χ3n) is 3.11. The fourth-order valence-electron chi connectivity index (χ4n) is 2.11. The van der Waals surface area contributed by atoms with Gasteiger partial charge in [0.1, 0.15) is 0 Å². The van der Waals surface area contributed by atoms with E-state index in [1.165, 1.54) is 6.42 Å². The summed E-state index contributed by atoms with van der Waals surface area (Å²) >= 11 is 0. The van der Waals surface area contributed by atoms with Gasteiger partial charge in [0.25, 0.3) is 0 Å². The molecule has 1 aromatic heterocycles. The molecule has 0 aliphatic carbocycles. The second-order valence-electron chi connectivity index (χ2n) is 4.53. The van der Waals surface area contributed by atoms with Crippen molar-refractivity contribution in [2.75, 3.05) is 13.1 Å². The number of aromatic nitrogens is 1. The molecule has 0 radical (unpaired) electrons. The van der Waals surface area contributed by atoms with E-state index in [9.17, 15) is 4.79 Å². The molecule has 2 rings (SSSR count). The van der Waals surface area contributed by atoms with Crippen LogP contribution in [0.5, 0.6) is 0 Å². The standard InChI is InChI=1S/C13H18N2O/c1-10-4-5-12(9-15-10)13(16)7-11-3-2-6-14-8-11/h4-5,9,11,14H,2-3,6-8H2,1H3. The minimum Gasteiger partial charge on any atom is -0.316 e. The van der Waals surface area contributed by atoms with Crippen molar-refractivity contribution in [1.29, 1.82) is 0 Å². The van der Waals surface area contributed by atoms with E-state index in [1.807, 2.05) is 19.1 Å². The molecule has 1 aromatic rings. The van der Waals surface area contributed by atoms with Crippen LogP contribution in [0.4, 0.5) is 0 Å². The van der Waals surface area contributed by atoms with Crippen molar-refractivity contribution in [2.45, 2.75) is 26.2 Å². The van der Waals surface area contributed by atoms with Crippen LogP contribution < -0.4 is 5.32 Å². The van der Waals surface area contributed by atoms with E-state index in [0.29, 0.717) is 12.3 Å². The Bertz CT molecular complexity index is 353. The first-order valence-corrected chi connectivity index (χ1v) is 5.92. The second kappa shape index (κ2) is 5.21. The van der Waals surface area contributed by atoms with Crippen LogP contribution in [0.15, 0.2) is 18.3 Å². The van der Waals surface area contributed by atoms with Gasteiger partial charge in [-0.3, -0.25) is 9.78 Å². The smallest absolute Gasteiger partial charge is 0.164 e. The molecule has 3 heteroatoms. The third kappa shape index (κ3) is 2.89. The maximum Gasteiger partial charge on any atom is 0.164 e. The highest BCUT2D eigenvalue weighted by Gasteiger charge is 2.17. The highest BCUT2D eigenvalue weighted by molar-refractivity contribution is 5.95. The summed E-state index contributed by atoms with van der Waals surface area (Å²) in [4.78, 5) is 16.1. The maximum atomic E-state index is 12.0. The van der Waals surface area contributed by atoms with Crippen molar-refractivity contribution in [1.82, 2.24) is 10.3 Å². The lowest BCUT2D eigenvalue weighted by molar-refractivity contribution is 0.0953. The lowest BCUT2D eigenvalue weighted by atomic mass is 9.92. The second-order valence-corrected chi connectivity index (χ2v) is 4.53. The Hall–Kier alpha value is -1.22. The summed E-state index contributed by atoms with van der Waals surface area (Å²) in [7, 11) is 0. The minimum absolute atomic E-state index is 0.223. The van der Waals surface area contributed by atoms with Crippen molar-refractivity contribution in [3.8, 4) is 0 Å². The number of nitrogens with zero attached hydrogens (tertiary/aromatic N) is 1. The van der Waals surface area contributed by atoms with Crippen molar-refractivity contribution in [3.63, 3.8) is 0 Å². The van der Waals surface area contributed by atoms with Crippen LogP contribution in [0.25, 0.3) is 0 Å². The van der Waals surface area contributed by atoms with E-state index in [1.54, 1.807) is 6.20 Å². The predicted octanol–water partition coefficient (Wildman–Crippen LogP) is 1.96. The molecule has 1 unspecified atom stereocenters. The minimum atomic E-state index is 0.223. The van der Waals surface area contributed by atoms with Gasteiger partial charge in [-0.05, 0) is 50.9 Å². The van der Waals surface area contributed by atoms with Gasteiger partial charge in [0, 0.05) is 23.9 Å². The zero-order valence-corrected chi connectivity index (χ0v) is 9.70. The number of carbonyl (C=O) groups is 1. The van der Waals surface area contributed by atoms with Crippen LogP contribution in [0.3, 0.4) is 0 Å². The van der Waals surface area contributed by atoms with Gasteiger partial charge in [0.2, 0.25) is 0 Å². The number of nitrogens with one attached hydrogen (secondary N) is 1. The highest BCUT2D eigenvalue weighted by Crippen LogP contribution is 2.16. The van der Waals surface area contributed by atoms with Crippen molar-refractivity contribution >= 4 is 5.78 Å². The first-order valence-electron chi connectivity index (χ1n) is 5.92. The number of piperidine rings is 1. The average Bonchev–Trinajstić information content (AvgIpc) is 2.31. The van der Waals surface area contributed by atoms with Gasteiger partial charge in [-0.15, -0.1) is 0 Å². The maximum absolute atomic E-state index is 12.0.